The van der Waals surface area contributed by atoms with E-state index in [2.05, 4.69) is 5.32 Å². The lowest BCUT2D eigenvalue weighted by Gasteiger charge is -2.21. The van der Waals surface area contributed by atoms with Crippen LogP contribution in [0.5, 0.6) is 0 Å². The van der Waals surface area contributed by atoms with Gasteiger partial charge in [0.25, 0.3) is 0 Å². The monoisotopic (exact) mass is 296 g/mol. The molecule has 1 aliphatic heterocycles. The third-order valence-corrected chi connectivity index (χ3v) is 3.70. The van der Waals surface area contributed by atoms with Crippen LogP contribution in [0, 0.1) is 0 Å². The molecular weight excluding hydrogens is 280 g/mol. The topological polar surface area (TPSA) is 69.6 Å². The minimum atomic E-state index is -0.954. The molecule has 1 aromatic carbocycles. The van der Waals surface area contributed by atoms with Crippen LogP contribution in [0.15, 0.2) is 24.3 Å². The molecule has 1 saturated heterocycles. The van der Waals surface area contributed by atoms with E-state index in [0.29, 0.717) is 19.5 Å². The summed E-state index contributed by atoms with van der Waals surface area (Å²) in [6, 6.07) is 6.30. The highest BCUT2D eigenvalue weighted by atomic mass is 35.5. The Kier molecular flexibility index (Phi) is 4.62. The minimum Gasteiger partial charge on any atom is -0.478 e. The van der Waals surface area contributed by atoms with Gasteiger partial charge in [0.05, 0.1) is 11.6 Å². The summed E-state index contributed by atoms with van der Waals surface area (Å²) in [4.78, 5) is 24.6. The third kappa shape index (κ3) is 3.49. The van der Waals surface area contributed by atoms with Crippen molar-refractivity contribution in [1.29, 1.82) is 0 Å². The Bertz CT molecular complexity index is 504. The number of nitrogens with one attached hydrogen (secondary N) is 1. The lowest BCUT2D eigenvalue weighted by Crippen LogP contribution is -2.41. The van der Waals surface area contributed by atoms with Crippen LogP contribution < -0.4 is 5.32 Å². The standard InChI is InChI=1S/C14H17ClN2O3/c1-17(13(18)12-6-11(15)7-16-12)8-9-2-4-10(5-3-9)14(19)20/h2-5,11-12,16H,6-8H2,1H3,(H,19,20). The molecule has 0 saturated carbocycles. The van der Waals surface area contributed by atoms with Gasteiger partial charge in [-0.2, -0.15) is 0 Å². The Morgan fingerprint density at radius 2 is 2.05 bits per heavy atom. The molecule has 0 aliphatic carbocycles. The number of carbonyl (C=O) groups is 2. The number of carboxylic acid groups (broad SMARTS) is 1. The SMILES string of the molecule is CN(Cc1ccc(C(=O)O)cc1)C(=O)C1CC(Cl)CN1. The zero-order valence-corrected chi connectivity index (χ0v) is 11.9. The van der Waals surface area contributed by atoms with Crippen molar-refractivity contribution in [3.05, 3.63) is 35.4 Å². The quantitative estimate of drug-likeness (QED) is 0.822. The molecule has 2 rings (SSSR count). The van der Waals surface area contributed by atoms with Crippen LogP contribution in [0.3, 0.4) is 0 Å². The average Bonchev–Trinajstić information content (AvgIpc) is 2.85. The van der Waals surface area contributed by atoms with Gasteiger partial charge < -0.3 is 15.3 Å². The molecule has 2 N–H and O–H groups in total. The molecular formula is C14H17ClN2O3. The van der Waals surface area contributed by atoms with E-state index in [1.165, 1.54) is 0 Å². The van der Waals surface area contributed by atoms with E-state index in [1.54, 1.807) is 36.2 Å². The van der Waals surface area contributed by atoms with Crippen molar-refractivity contribution in [2.24, 2.45) is 0 Å². The summed E-state index contributed by atoms with van der Waals surface area (Å²) in [5.74, 6) is -0.945. The largest absolute Gasteiger partial charge is 0.478 e. The molecule has 108 valence electrons. The summed E-state index contributed by atoms with van der Waals surface area (Å²) in [7, 11) is 1.73. The Balaban J connectivity index is 1.95. The van der Waals surface area contributed by atoms with Gasteiger partial charge >= 0.3 is 5.97 Å². The maximum Gasteiger partial charge on any atom is 0.335 e. The van der Waals surface area contributed by atoms with Gasteiger partial charge in [-0.25, -0.2) is 4.79 Å². The first-order valence-electron chi connectivity index (χ1n) is 6.42. The second-order valence-corrected chi connectivity index (χ2v) is 5.61. The summed E-state index contributed by atoms with van der Waals surface area (Å²) < 4.78 is 0. The first-order valence-corrected chi connectivity index (χ1v) is 6.85. The molecule has 2 unspecified atom stereocenters. The molecule has 1 fully saturated rings. The van der Waals surface area contributed by atoms with Crippen LogP contribution in [0.25, 0.3) is 0 Å². The third-order valence-electron chi connectivity index (χ3n) is 3.37. The Morgan fingerprint density at radius 1 is 1.40 bits per heavy atom. The van der Waals surface area contributed by atoms with Gasteiger partial charge in [-0.1, -0.05) is 12.1 Å². The summed E-state index contributed by atoms with van der Waals surface area (Å²) in [5, 5.41) is 11.9. The zero-order chi connectivity index (χ0) is 14.7. The van der Waals surface area contributed by atoms with Crippen LogP contribution in [0.2, 0.25) is 0 Å². The molecule has 0 aromatic heterocycles. The number of rotatable bonds is 4. The van der Waals surface area contributed by atoms with Crippen LogP contribution in [0.1, 0.15) is 22.3 Å². The molecule has 1 amide bonds. The maximum absolute atomic E-state index is 12.2. The second-order valence-electron chi connectivity index (χ2n) is 4.99. The van der Waals surface area contributed by atoms with E-state index in [9.17, 15) is 9.59 Å². The number of amides is 1. The van der Waals surface area contributed by atoms with Gasteiger partial charge in [-0.3, -0.25) is 4.79 Å². The van der Waals surface area contributed by atoms with Gasteiger partial charge in [0, 0.05) is 25.5 Å². The van der Waals surface area contributed by atoms with E-state index in [0.717, 1.165) is 5.56 Å². The highest BCUT2D eigenvalue weighted by molar-refractivity contribution is 6.21. The first kappa shape index (κ1) is 14.8. The molecule has 0 bridgehead atoms. The first-order chi connectivity index (χ1) is 9.47. The van der Waals surface area contributed by atoms with E-state index >= 15 is 0 Å². The Labute approximate surface area is 122 Å². The van der Waals surface area contributed by atoms with Crippen LogP contribution in [-0.4, -0.2) is 46.9 Å². The predicted molar refractivity (Wildman–Crippen MR) is 75.9 cm³/mol. The predicted octanol–water partition coefficient (Wildman–Crippen LogP) is 1.31. The number of carboxylic acids is 1. The van der Waals surface area contributed by atoms with Crippen molar-refractivity contribution in [2.75, 3.05) is 13.6 Å². The summed E-state index contributed by atoms with van der Waals surface area (Å²) in [6.07, 6.45) is 0.642. The zero-order valence-electron chi connectivity index (χ0n) is 11.2. The molecule has 1 aliphatic rings. The lowest BCUT2D eigenvalue weighted by atomic mass is 10.1. The van der Waals surface area contributed by atoms with E-state index in [-0.39, 0.29) is 22.9 Å². The molecule has 1 heterocycles. The minimum absolute atomic E-state index is 0.00667. The molecule has 2 atom stereocenters. The molecule has 6 heteroatoms. The fourth-order valence-corrected chi connectivity index (χ4v) is 2.52. The van der Waals surface area contributed by atoms with Crippen LogP contribution in [-0.2, 0) is 11.3 Å². The normalized spacial score (nSPS) is 21.7. The van der Waals surface area contributed by atoms with Crippen molar-refractivity contribution in [3.63, 3.8) is 0 Å². The number of halogens is 1. The Hall–Kier alpha value is -1.59. The van der Waals surface area contributed by atoms with E-state index in [4.69, 9.17) is 16.7 Å². The number of benzene rings is 1. The van der Waals surface area contributed by atoms with Crippen molar-refractivity contribution >= 4 is 23.5 Å². The fraction of sp³-hybridized carbons (Fsp3) is 0.429. The number of likely N-dealkylation sites (N-methyl/N-ethyl adjacent to an activating group) is 1. The van der Waals surface area contributed by atoms with E-state index in [1.807, 2.05) is 0 Å². The van der Waals surface area contributed by atoms with Crippen molar-refractivity contribution < 1.29 is 14.7 Å². The van der Waals surface area contributed by atoms with Crippen LogP contribution >= 0.6 is 11.6 Å². The summed E-state index contributed by atoms with van der Waals surface area (Å²) >= 11 is 5.97. The van der Waals surface area contributed by atoms with Gasteiger partial charge in [0.15, 0.2) is 0 Å². The van der Waals surface area contributed by atoms with Crippen molar-refractivity contribution in [2.45, 2.75) is 24.4 Å². The number of carbonyl (C=O) groups excluding carboxylic acids is 1. The number of hydrogen-bond donors (Lipinski definition) is 2. The fourth-order valence-electron chi connectivity index (χ4n) is 2.25. The highest BCUT2D eigenvalue weighted by Gasteiger charge is 2.29. The van der Waals surface area contributed by atoms with Crippen molar-refractivity contribution in [1.82, 2.24) is 10.2 Å². The van der Waals surface area contributed by atoms with Gasteiger partial charge in [0.1, 0.15) is 0 Å². The van der Waals surface area contributed by atoms with Gasteiger partial charge in [-0.05, 0) is 24.1 Å². The lowest BCUT2D eigenvalue weighted by molar-refractivity contribution is -0.132. The van der Waals surface area contributed by atoms with E-state index < -0.39 is 5.97 Å². The summed E-state index contributed by atoms with van der Waals surface area (Å²) in [6.45, 7) is 1.10. The molecule has 0 spiro atoms. The number of nitrogens with zero attached hydrogens (tertiary/aromatic N) is 1. The second kappa shape index (κ2) is 6.24. The average molecular weight is 297 g/mol. The van der Waals surface area contributed by atoms with Gasteiger partial charge in [-0.15, -0.1) is 11.6 Å². The van der Waals surface area contributed by atoms with Crippen molar-refractivity contribution in [3.8, 4) is 0 Å². The van der Waals surface area contributed by atoms with Crippen LogP contribution in [0.4, 0.5) is 0 Å². The number of hydrogen-bond acceptors (Lipinski definition) is 3. The Morgan fingerprint density at radius 3 is 2.55 bits per heavy atom. The number of alkyl halides is 1. The molecule has 1 aromatic rings. The molecule has 0 radical (unpaired) electrons. The molecule has 20 heavy (non-hydrogen) atoms. The maximum atomic E-state index is 12.2. The number of aromatic carboxylic acids is 1. The smallest absolute Gasteiger partial charge is 0.335 e. The highest BCUT2D eigenvalue weighted by Crippen LogP contribution is 2.15. The molecule has 5 nitrogen and oxygen atoms in total. The summed E-state index contributed by atoms with van der Waals surface area (Å²) in [5.41, 5.74) is 1.14. The van der Waals surface area contributed by atoms with Gasteiger partial charge in [0.2, 0.25) is 5.91 Å².